The van der Waals surface area contributed by atoms with Crippen LogP contribution in [0.2, 0.25) is 0 Å². The number of carbonyl (C=O) groups excluding carboxylic acids is 5. The van der Waals surface area contributed by atoms with Crippen molar-refractivity contribution in [3.8, 4) is 0 Å². The molecule has 0 fully saturated rings. The molecule has 0 bridgehead atoms. The van der Waals surface area contributed by atoms with Crippen molar-refractivity contribution in [3.63, 3.8) is 0 Å². The molecule has 0 aliphatic rings. The zero-order chi connectivity index (χ0) is 25.0. The summed E-state index contributed by atoms with van der Waals surface area (Å²) in [4.78, 5) is 59.6. The fraction of sp³-hybridized carbons (Fsp3) is 0.522. The minimum atomic E-state index is -1.37. The van der Waals surface area contributed by atoms with Gasteiger partial charge in [0.2, 0.25) is 0 Å². The van der Waals surface area contributed by atoms with Crippen LogP contribution < -0.4 is 0 Å². The van der Waals surface area contributed by atoms with Crippen molar-refractivity contribution >= 4 is 29.8 Å². The molecule has 0 spiro atoms. The molecule has 33 heavy (non-hydrogen) atoms. The normalized spacial score (nSPS) is 14.1. The maximum absolute atomic E-state index is 12.1. The van der Waals surface area contributed by atoms with Gasteiger partial charge in [-0.05, 0) is 39.7 Å². The number of rotatable bonds is 12. The van der Waals surface area contributed by atoms with Crippen LogP contribution in [0.15, 0.2) is 30.3 Å². The van der Waals surface area contributed by atoms with Crippen molar-refractivity contribution in [1.82, 2.24) is 0 Å². The molecule has 1 rings (SSSR count). The molecule has 0 N–H and O–H groups in total. The van der Waals surface area contributed by atoms with Gasteiger partial charge in [-0.3, -0.25) is 4.79 Å². The Bertz CT molecular complexity index is 820. The largest absolute Gasteiger partial charge is 0.458 e. The summed E-state index contributed by atoms with van der Waals surface area (Å²) in [5, 5.41) is 0. The first-order valence-electron chi connectivity index (χ1n) is 10.6. The molecule has 0 unspecified atom stereocenters. The molecule has 0 aliphatic heterocycles. The summed E-state index contributed by atoms with van der Waals surface area (Å²) in [5.74, 6) is -4.26. The molecule has 10 nitrogen and oxygen atoms in total. The lowest BCUT2D eigenvalue weighted by Gasteiger charge is -2.19. The highest BCUT2D eigenvalue weighted by Crippen LogP contribution is 2.08. The Morgan fingerprint density at radius 3 is 1.55 bits per heavy atom. The average molecular weight is 466 g/mol. The molecule has 0 amide bonds. The number of hydrogen-bond donors (Lipinski definition) is 0. The third-order valence-corrected chi connectivity index (χ3v) is 4.19. The van der Waals surface area contributed by atoms with E-state index >= 15 is 0 Å². The van der Waals surface area contributed by atoms with Gasteiger partial charge >= 0.3 is 29.8 Å². The maximum atomic E-state index is 12.1. The number of esters is 5. The molecule has 182 valence electrons. The molecule has 0 aliphatic carbocycles. The maximum Gasteiger partial charge on any atom is 0.347 e. The van der Waals surface area contributed by atoms with Crippen molar-refractivity contribution in [2.45, 2.75) is 78.5 Å². The van der Waals surface area contributed by atoms with Gasteiger partial charge in [0.25, 0.3) is 0 Å². The number of ether oxygens (including phenoxy) is 5. The predicted molar refractivity (Wildman–Crippen MR) is 113 cm³/mol. The van der Waals surface area contributed by atoms with Crippen LogP contribution in [0.5, 0.6) is 0 Å². The number of benzene rings is 1. The molecule has 0 radical (unpaired) electrons. The van der Waals surface area contributed by atoms with Crippen molar-refractivity contribution < 1.29 is 47.7 Å². The second-order valence-electron chi connectivity index (χ2n) is 7.21. The van der Waals surface area contributed by atoms with Gasteiger partial charge in [-0.2, -0.15) is 0 Å². The quantitative estimate of drug-likeness (QED) is 0.334. The van der Waals surface area contributed by atoms with Crippen LogP contribution >= 0.6 is 0 Å². The van der Waals surface area contributed by atoms with E-state index in [0.717, 1.165) is 5.56 Å². The highest BCUT2D eigenvalue weighted by molar-refractivity contribution is 5.85. The van der Waals surface area contributed by atoms with Gasteiger partial charge in [-0.1, -0.05) is 37.3 Å². The van der Waals surface area contributed by atoms with E-state index in [1.165, 1.54) is 27.7 Å². The van der Waals surface area contributed by atoms with E-state index in [1.807, 2.05) is 6.07 Å². The van der Waals surface area contributed by atoms with Gasteiger partial charge in [0.15, 0.2) is 24.4 Å². The standard InChI is InChI=1S/C23H30O10/c1-6-10-19(24)30-15(3)21(26)32-17(5)23(28)33-16(4)22(27)31-14(2)20(25)29-13-18-11-8-7-9-12-18/h7-9,11-12,14-17H,6,10,13H2,1-5H3/t14-,15-,16-,17-/m0/s1. The highest BCUT2D eigenvalue weighted by Gasteiger charge is 2.30. The Morgan fingerprint density at radius 1 is 0.667 bits per heavy atom. The predicted octanol–water partition coefficient (Wildman–Crippen LogP) is 2.26. The van der Waals surface area contributed by atoms with Crippen molar-refractivity contribution in [2.75, 3.05) is 0 Å². The topological polar surface area (TPSA) is 132 Å². The first-order valence-corrected chi connectivity index (χ1v) is 10.6. The number of carbonyl (C=O) groups is 5. The van der Waals surface area contributed by atoms with Crippen LogP contribution in [0.4, 0.5) is 0 Å². The third-order valence-electron chi connectivity index (χ3n) is 4.19. The van der Waals surface area contributed by atoms with Crippen molar-refractivity contribution in [1.29, 1.82) is 0 Å². The summed E-state index contributed by atoms with van der Waals surface area (Å²) in [7, 11) is 0. The van der Waals surface area contributed by atoms with E-state index in [1.54, 1.807) is 31.2 Å². The molecule has 0 saturated heterocycles. The summed E-state index contributed by atoms with van der Waals surface area (Å²) < 4.78 is 24.8. The van der Waals surface area contributed by atoms with E-state index in [9.17, 15) is 24.0 Å². The van der Waals surface area contributed by atoms with Crippen molar-refractivity contribution in [2.24, 2.45) is 0 Å². The Morgan fingerprint density at radius 2 is 1.09 bits per heavy atom. The lowest BCUT2D eigenvalue weighted by atomic mass is 10.2. The Labute approximate surface area is 192 Å². The first kappa shape index (κ1) is 27.6. The van der Waals surface area contributed by atoms with E-state index in [2.05, 4.69) is 0 Å². The lowest BCUT2D eigenvalue weighted by molar-refractivity contribution is -0.185. The smallest absolute Gasteiger partial charge is 0.347 e. The fourth-order valence-electron chi connectivity index (χ4n) is 2.31. The molecule has 0 aromatic heterocycles. The molecule has 1 aromatic rings. The van der Waals surface area contributed by atoms with Crippen LogP contribution in [0, 0.1) is 0 Å². The lowest BCUT2D eigenvalue weighted by Crippen LogP contribution is -2.37. The van der Waals surface area contributed by atoms with Gasteiger partial charge in [-0.15, -0.1) is 0 Å². The minimum Gasteiger partial charge on any atom is -0.458 e. The highest BCUT2D eigenvalue weighted by atomic mass is 16.6. The summed E-state index contributed by atoms with van der Waals surface area (Å²) >= 11 is 0. The van der Waals surface area contributed by atoms with Gasteiger partial charge in [0.1, 0.15) is 6.61 Å². The summed E-state index contributed by atoms with van der Waals surface area (Å²) in [5.41, 5.74) is 0.768. The van der Waals surface area contributed by atoms with Crippen LogP contribution in [0.1, 0.15) is 53.0 Å². The number of hydrogen-bond acceptors (Lipinski definition) is 10. The Hall–Kier alpha value is -3.43. The third kappa shape index (κ3) is 10.2. The molecular formula is C23H30O10. The zero-order valence-electron chi connectivity index (χ0n) is 19.4. The van der Waals surface area contributed by atoms with Crippen LogP contribution in [0.25, 0.3) is 0 Å². The van der Waals surface area contributed by atoms with Crippen LogP contribution in [-0.4, -0.2) is 54.3 Å². The van der Waals surface area contributed by atoms with E-state index in [-0.39, 0.29) is 13.0 Å². The van der Waals surface area contributed by atoms with Gasteiger partial charge in [-0.25, -0.2) is 19.2 Å². The Balaban J connectivity index is 2.44. The van der Waals surface area contributed by atoms with Crippen LogP contribution in [-0.2, 0) is 54.3 Å². The monoisotopic (exact) mass is 466 g/mol. The van der Waals surface area contributed by atoms with Gasteiger partial charge in [0.05, 0.1) is 0 Å². The molecule has 1 aromatic carbocycles. The molecular weight excluding hydrogens is 436 g/mol. The van der Waals surface area contributed by atoms with E-state index in [4.69, 9.17) is 23.7 Å². The summed E-state index contributed by atoms with van der Waals surface area (Å²) in [6.07, 6.45) is -4.47. The zero-order valence-corrected chi connectivity index (χ0v) is 19.4. The van der Waals surface area contributed by atoms with E-state index < -0.39 is 54.3 Å². The molecule has 10 heteroatoms. The molecule has 4 atom stereocenters. The fourth-order valence-corrected chi connectivity index (χ4v) is 2.31. The van der Waals surface area contributed by atoms with E-state index in [0.29, 0.717) is 6.42 Å². The summed E-state index contributed by atoms with van der Waals surface area (Å²) in [6, 6.07) is 8.95. The SMILES string of the molecule is CCCC(=O)O[C@@H](C)C(=O)O[C@@H](C)C(=O)O[C@@H](C)C(=O)O[C@@H](C)C(=O)OCc1ccccc1. The molecule has 0 saturated carbocycles. The first-order chi connectivity index (χ1) is 15.5. The molecule has 0 heterocycles. The summed E-state index contributed by atoms with van der Waals surface area (Å²) in [6.45, 7) is 6.91. The van der Waals surface area contributed by atoms with Crippen molar-refractivity contribution in [3.05, 3.63) is 35.9 Å². The van der Waals surface area contributed by atoms with Gasteiger partial charge < -0.3 is 23.7 Å². The second kappa shape index (κ2) is 13.9. The second-order valence-corrected chi connectivity index (χ2v) is 7.21. The average Bonchev–Trinajstić information content (AvgIpc) is 2.77. The van der Waals surface area contributed by atoms with Crippen LogP contribution in [0.3, 0.4) is 0 Å². The minimum absolute atomic E-state index is 0.0150. The Kier molecular flexibility index (Phi) is 11.6. The van der Waals surface area contributed by atoms with Gasteiger partial charge in [0, 0.05) is 6.42 Å².